The van der Waals surface area contributed by atoms with Crippen LogP contribution in [0.5, 0.6) is 0 Å². The van der Waals surface area contributed by atoms with Crippen molar-refractivity contribution in [1.82, 2.24) is 0 Å². The molecule has 1 aliphatic heterocycles. The number of nitrogens with zero attached hydrogens (tertiary/aromatic N) is 1. The molecule has 1 aliphatic rings. The summed E-state index contributed by atoms with van der Waals surface area (Å²) in [6.45, 7) is 8.05. The fourth-order valence-corrected chi connectivity index (χ4v) is 2.58. The van der Waals surface area contributed by atoms with Crippen molar-refractivity contribution in [3.8, 4) is 6.07 Å². The number of hydrogen-bond acceptors (Lipinski definition) is 5. The van der Waals surface area contributed by atoms with Crippen LogP contribution < -0.4 is 0 Å². The van der Waals surface area contributed by atoms with E-state index in [1.807, 2.05) is 52.0 Å². The molecule has 0 amide bonds. The van der Waals surface area contributed by atoms with E-state index in [1.165, 1.54) is 0 Å². The topological polar surface area (TPSA) is 59.3 Å². The summed E-state index contributed by atoms with van der Waals surface area (Å²) < 4.78 is 12.1. The minimum absolute atomic E-state index is 0.106. The second kappa shape index (κ2) is 7.14. The van der Waals surface area contributed by atoms with Gasteiger partial charge in [0, 0.05) is 11.3 Å². The van der Waals surface area contributed by atoms with Gasteiger partial charge in [-0.1, -0.05) is 30.3 Å². The molecule has 0 N–H and O–H groups in total. The van der Waals surface area contributed by atoms with Gasteiger partial charge in [0.1, 0.15) is 0 Å². The lowest BCUT2D eigenvalue weighted by Crippen LogP contribution is -2.41. The maximum atomic E-state index is 11.7. The summed E-state index contributed by atoms with van der Waals surface area (Å²) in [4.78, 5) is 11.7. The maximum absolute atomic E-state index is 11.7. The van der Waals surface area contributed by atoms with Gasteiger partial charge in [0.05, 0.1) is 23.7 Å². The van der Waals surface area contributed by atoms with Crippen molar-refractivity contribution < 1.29 is 14.1 Å². The van der Waals surface area contributed by atoms with Crippen LogP contribution in [-0.4, -0.2) is 29.9 Å². The molecule has 0 unspecified atom stereocenters. The maximum Gasteiger partial charge on any atom is 0.491 e. The predicted molar refractivity (Wildman–Crippen MR) is 98.9 cm³/mol. The molecule has 1 saturated heterocycles. The van der Waals surface area contributed by atoms with E-state index in [0.29, 0.717) is 11.3 Å². The molecule has 0 bridgehead atoms. The first-order valence-corrected chi connectivity index (χ1v) is 8.50. The molecule has 1 aromatic rings. The van der Waals surface area contributed by atoms with Crippen molar-refractivity contribution >= 4 is 31.6 Å². The van der Waals surface area contributed by atoms with Gasteiger partial charge in [-0.15, -0.1) is 0 Å². The van der Waals surface area contributed by atoms with Crippen LogP contribution in [0.1, 0.15) is 50.0 Å². The van der Waals surface area contributed by atoms with Gasteiger partial charge in [-0.2, -0.15) is 17.9 Å². The zero-order chi connectivity index (χ0) is 18.0. The summed E-state index contributed by atoms with van der Waals surface area (Å²) >= 11 is 4.40. The molecule has 1 aromatic carbocycles. The van der Waals surface area contributed by atoms with Crippen LogP contribution in [0.25, 0.3) is 6.08 Å². The molecular formula is C18H22BNO3S. The number of benzene rings is 1. The number of carbonyl (C=O) groups is 1. The number of hydrogen-bond donors (Lipinski definition) is 1. The summed E-state index contributed by atoms with van der Waals surface area (Å²) in [7, 11) is -0.438. The van der Waals surface area contributed by atoms with Gasteiger partial charge in [-0.25, -0.2) is 0 Å². The standard InChI is InChI=1S/C18H22BNO3S/c1-17(2)18(3,4)23-19(22-17)15(12-24)11-13-5-7-14(8-6-13)16(21)9-10-20/h5-8,11,24H,9,12H2,1-4H3. The molecule has 0 saturated carbocycles. The van der Waals surface area contributed by atoms with Gasteiger partial charge < -0.3 is 9.31 Å². The molecule has 1 heterocycles. The molecule has 1 fully saturated rings. The van der Waals surface area contributed by atoms with Crippen LogP contribution in [-0.2, 0) is 9.31 Å². The van der Waals surface area contributed by atoms with E-state index in [0.717, 1.165) is 11.0 Å². The molecule has 0 radical (unpaired) electrons. The quantitative estimate of drug-likeness (QED) is 0.503. The van der Waals surface area contributed by atoms with Crippen LogP contribution in [0.3, 0.4) is 0 Å². The minimum atomic E-state index is -0.438. The largest absolute Gasteiger partial charge is 0.491 e. The van der Waals surface area contributed by atoms with Gasteiger partial charge in [0.25, 0.3) is 0 Å². The molecule has 0 spiro atoms. The lowest BCUT2D eigenvalue weighted by molar-refractivity contribution is 0.00578. The Morgan fingerprint density at radius 2 is 1.75 bits per heavy atom. The van der Waals surface area contributed by atoms with E-state index in [2.05, 4.69) is 12.6 Å². The molecule has 6 heteroatoms. The first kappa shape index (κ1) is 18.8. The Bertz CT molecular complexity index is 673. The molecule has 126 valence electrons. The smallest absolute Gasteiger partial charge is 0.400 e. The summed E-state index contributed by atoms with van der Waals surface area (Å²) in [6.07, 6.45) is 1.86. The monoisotopic (exact) mass is 343 g/mol. The van der Waals surface area contributed by atoms with E-state index in [4.69, 9.17) is 14.6 Å². The Labute approximate surface area is 149 Å². The third-order valence-corrected chi connectivity index (χ3v) is 4.93. The van der Waals surface area contributed by atoms with E-state index in [9.17, 15) is 4.79 Å². The highest BCUT2D eigenvalue weighted by atomic mass is 32.1. The Morgan fingerprint density at radius 3 is 2.21 bits per heavy atom. The van der Waals surface area contributed by atoms with Gasteiger partial charge >= 0.3 is 7.12 Å². The van der Waals surface area contributed by atoms with Gasteiger partial charge in [-0.3, -0.25) is 4.79 Å². The zero-order valence-corrected chi connectivity index (χ0v) is 15.4. The highest BCUT2D eigenvalue weighted by Gasteiger charge is 2.52. The summed E-state index contributed by atoms with van der Waals surface area (Å²) in [5, 5.41) is 8.59. The molecule has 4 nitrogen and oxygen atoms in total. The second-order valence-corrected chi connectivity index (χ2v) is 7.16. The second-order valence-electron chi connectivity index (χ2n) is 6.85. The summed E-state index contributed by atoms with van der Waals surface area (Å²) in [5.74, 6) is 0.333. The van der Waals surface area contributed by atoms with Crippen molar-refractivity contribution in [2.24, 2.45) is 0 Å². The first-order valence-electron chi connectivity index (χ1n) is 7.87. The fourth-order valence-electron chi connectivity index (χ4n) is 2.34. The van der Waals surface area contributed by atoms with Crippen molar-refractivity contribution in [3.63, 3.8) is 0 Å². The number of thiol groups is 1. The number of Topliss-reactive ketones (excluding diaryl/α,β-unsaturated/α-hetero) is 1. The highest BCUT2D eigenvalue weighted by Crippen LogP contribution is 2.39. The Morgan fingerprint density at radius 1 is 1.21 bits per heavy atom. The van der Waals surface area contributed by atoms with Gasteiger partial charge in [-0.05, 0) is 38.7 Å². The number of rotatable bonds is 5. The number of carbonyl (C=O) groups excluding carboxylic acids is 1. The summed E-state index contributed by atoms with van der Waals surface area (Å²) in [6, 6.07) is 9.02. The lowest BCUT2D eigenvalue weighted by atomic mass is 9.78. The molecule has 0 atom stereocenters. The van der Waals surface area contributed by atoms with Crippen molar-refractivity contribution in [2.45, 2.75) is 45.3 Å². The molecule has 0 aliphatic carbocycles. The lowest BCUT2D eigenvalue weighted by Gasteiger charge is -2.32. The van der Waals surface area contributed by atoms with Crippen molar-refractivity contribution in [1.29, 1.82) is 5.26 Å². The average molecular weight is 343 g/mol. The highest BCUT2D eigenvalue weighted by molar-refractivity contribution is 7.80. The van der Waals surface area contributed by atoms with Crippen LogP contribution in [0, 0.1) is 11.3 Å². The third kappa shape index (κ3) is 3.92. The molecule has 24 heavy (non-hydrogen) atoms. The zero-order valence-electron chi connectivity index (χ0n) is 14.5. The van der Waals surface area contributed by atoms with Crippen molar-refractivity contribution in [2.75, 3.05) is 5.75 Å². The minimum Gasteiger partial charge on any atom is -0.400 e. The normalized spacial score (nSPS) is 19.2. The molecule has 2 rings (SSSR count). The first-order chi connectivity index (χ1) is 11.2. The third-order valence-electron chi connectivity index (χ3n) is 4.56. The van der Waals surface area contributed by atoms with Crippen molar-refractivity contribution in [3.05, 3.63) is 40.9 Å². The van der Waals surface area contributed by atoms with E-state index >= 15 is 0 Å². The molecular weight excluding hydrogens is 321 g/mol. The van der Waals surface area contributed by atoms with E-state index < -0.39 is 18.3 Å². The van der Waals surface area contributed by atoms with E-state index in [1.54, 1.807) is 12.1 Å². The number of ketones is 1. The van der Waals surface area contributed by atoms with Gasteiger partial charge in [0.15, 0.2) is 5.78 Å². The Kier molecular flexibility index (Phi) is 5.59. The SMILES string of the molecule is CC1(C)OB(C(=Cc2ccc(C(=O)CC#N)cc2)CS)OC1(C)C. The predicted octanol–water partition coefficient (Wildman–Crippen LogP) is 3.73. The number of nitriles is 1. The van der Waals surface area contributed by atoms with Crippen LogP contribution in [0.15, 0.2) is 29.7 Å². The van der Waals surface area contributed by atoms with E-state index in [-0.39, 0.29) is 12.2 Å². The summed E-state index contributed by atoms with van der Waals surface area (Å²) in [5.41, 5.74) is 1.60. The fraction of sp³-hybridized carbons (Fsp3) is 0.444. The van der Waals surface area contributed by atoms with Crippen LogP contribution in [0.2, 0.25) is 0 Å². The van der Waals surface area contributed by atoms with Gasteiger partial charge in [0.2, 0.25) is 0 Å². The average Bonchev–Trinajstić information content (AvgIpc) is 2.73. The Hall–Kier alpha value is -1.55. The Balaban J connectivity index is 2.20. The molecule has 0 aromatic heterocycles. The van der Waals surface area contributed by atoms with Crippen LogP contribution >= 0.6 is 12.6 Å². The van der Waals surface area contributed by atoms with Crippen LogP contribution in [0.4, 0.5) is 0 Å².